The number of hydrogen-bond acceptors (Lipinski definition) is 3. The van der Waals surface area contributed by atoms with Crippen molar-refractivity contribution in [2.75, 3.05) is 18.0 Å². The van der Waals surface area contributed by atoms with Crippen LogP contribution in [0.25, 0.3) is 6.08 Å². The van der Waals surface area contributed by atoms with Gasteiger partial charge in [-0.25, -0.2) is 0 Å². The standard InChI is InChI=1S/C15H18NO2/c1-2-3-6-13-7-8-15(18-12-17)14(11-13)16-9-4-5-10-16/h3,6-8,11-12H,1-2,4-5,9-10H2. The Labute approximate surface area is 108 Å². The maximum absolute atomic E-state index is 10.5. The molecule has 1 aliphatic heterocycles. The molecule has 0 amide bonds. The van der Waals surface area contributed by atoms with E-state index in [0.717, 1.165) is 30.8 Å². The van der Waals surface area contributed by atoms with Gasteiger partial charge in [0.15, 0.2) is 5.75 Å². The lowest BCUT2D eigenvalue weighted by Crippen LogP contribution is -2.18. The summed E-state index contributed by atoms with van der Waals surface area (Å²) in [5.74, 6) is 0.638. The number of carbonyl (C=O) groups is 1. The second-order valence-corrected chi connectivity index (χ2v) is 4.33. The van der Waals surface area contributed by atoms with Gasteiger partial charge in [0.05, 0.1) is 5.69 Å². The molecule has 0 bridgehead atoms. The number of hydrogen-bond donors (Lipinski definition) is 0. The molecule has 1 heterocycles. The highest BCUT2D eigenvalue weighted by molar-refractivity contribution is 5.68. The number of anilines is 1. The van der Waals surface area contributed by atoms with Crippen molar-refractivity contribution in [3.05, 3.63) is 36.8 Å². The average molecular weight is 244 g/mol. The van der Waals surface area contributed by atoms with Gasteiger partial charge in [-0.15, -0.1) is 0 Å². The Kier molecular flexibility index (Phi) is 4.40. The van der Waals surface area contributed by atoms with Crippen molar-refractivity contribution < 1.29 is 9.53 Å². The predicted molar refractivity (Wildman–Crippen MR) is 73.6 cm³/mol. The lowest BCUT2D eigenvalue weighted by molar-refractivity contribution is -0.120. The van der Waals surface area contributed by atoms with Crippen molar-refractivity contribution >= 4 is 18.2 Å². The molecule has 0 atom stereocenters. The molecule has 1 aliphatic rings. The van der Waals surface area contributed by atoms with Crippen LogP contribution in [0.15, 0.2) is 24.3 Å². The van der Waals surface area contributed by atoms with Crippen LogP contribution >= 0.6 is 0 Å². The lowest BCUT2D eigenvalue weighted by Gasteiger charge is -2.20. The maximum Gasteiger partial charge on any atom is 0.298 e. The zero-order valence-corrected chi connectivity index (χ0v) is 10.5. The second kappa shape index (κ2) is 6.24. The highest BCUT2D eigenvalue weighted by Gasteiger charge is 2.16. The summed E-state index contributed by atoms with van der Waals surface area (Å²) in [4.78, 5) is 12.8. The van der Waals surface area contributed by atoms with Gasteiger partial charge in [-0.1, -0.05) is 18.2 Å². The SMILES string of the molecule is [CH2]CC=Cc1ccc(OC=O)c(N2CCCC2)c1. The van der Waals surface area contributed by atoms with Gasteiger partial charge < -0.3 is 9.64 Å². The fraction of sp³-hybridized carbons (Fsp3) is 0.333. The first kappa shape index (κ1) is 12.7. The number of carbonyl (C=O) groups excluding carboxylic acids is 1. The van der Waals surface area contributed by atoms with Gasteiger partial charge in [-0.2, -0.15) is 0 Å². The van der Waals surface area contributed by atoms with Gasteiger partial charge in [0.1, 0.15) is 0 Å². The molecule has 3 heteroatoms. The van der Waals surface area contributed by atoms with Gasteiger partial charge in [-0.05, 0) is 43.9 Å². The Bertz CT molecular complexity index is 434. The maximum atomic E-state index is 10.5. The summed E-state index contributed by atoms with van der Waals surface area (Å²) in [7, 11) is 0. The molecule has 1 aromatic carbocycles. The number of benzene rings is 1. The van der Waals surface area contributed by atoms with E-state index in [1.165, 1.54) is 12.8 Å². The molecule has 1 fully saturated rings. The minimum absolute atomic E-state index is 0.486. The highest BCUT2D eigenvalue weighted by atomic mass is 16.5. The van der Waals surface area contributed by atoms with Gasteiger partial charge in [0.2, 0.25) is 0 Å². The molecule has 1 radical (unpaired) electrons. The summed E-state index contributed by atoms with van der Waals surface area (Å²) in [6.07, 6.45) is 7.21. The fourth-order valence-corrected chi connectivity index (χ4v) is 2.21. The Balaban J connectivity index is 2.30. The van der Waals surface area contributed by atoms with Crippen molar-refractivity contribution in [3.8, 4) is 5.75 Å². The van der Waals surface area contributed by atoms with Crippen LogP contribution in [0.2, 0.25) is 0 Å². The summed E-state index contributed by atoms with van der Waals surface area (Å²) in [5, 5.41) is 0. The molecule has 18 heavy (non-hydrogen) atoms. The summed E-state index contributed by atoms with van der Waals surface area (Å²) >= 11 is 0. The van der Waals surface area contributed by atoms with Crippen LogP contribution in [-0.2, 0) is 4.79 Å². The molecule has 1 aromatic rings. The Morgan fingerprint density at radius 2 is 2.11 bits per heavy atom. The van der Waals surface area contributed by atoms with Crippen LogP contribution in [0.4, 0.5) is 5.69 Å². The average Bonchev–Trinajstić information content (AvgIpc) is 2.91. The first-order valence-electron chi connectivity index (χ1n) is 6.30. The van der Waals surface area contributed by atoms with Crippen molar-refractivity contribution in [2.24, 2.45) is 0 Å². The zero-order valence-electron chi connectivity index (χ0n) is 10.5. The van der Waals surface area contributed by atoms with Crippen LogP contribution in [0.1, 0.15) is 24.8 Å². The van der Waals surface area contributed by atoms with Crippen LogP contribution in [-0.4, -0.2) is 19.6 Å². The summed E-state index contributed by atoms with van der Waals surface area (Å²) in [6.45, 7) is 6.32. The van der Waals surface area contributed by atoms with Crippen molar-refractivity contribution in [2.45, 2.75) is 19.3 Å². The van der Waals surface area contributed by atoms with E-state index in [0.29, 0.717) is 12.2 Å². The van der Waals surface area contributed by atoms with E-state index in [9.17, 15) is 4.79 Å². The zero-order chi connectivity index (χ0) is 12.8. The summed E-state index contributed by atoms with van der Waals surface area (Å²) in [5.41, 5.74) is 2.12. The normalized spacial score (nSPS) is 15.3. The topological polar surface area (TPSA) is 29.5 Å². The highest BCUT2D eigenvalue weighted by Crippen LogP contribution is 2.32. The molecular formula is C15H18NO2. The summed E-state index contributed by atoms with van der Waals surface area (Å²) < 4.78 is 5.05. The van der Waals surface area contributed by atoms with Gasteiger partial charge in [-0.3, -0.25) is 4.79 Å². The monoisotopic (exact) mass is 244 g/mol. The van der Waals surface area contributed by atoms with Crippen molar-refractivity contribution in [3.63, 3.8) is 0 Å². The third kappa shape index (κ3) is 2.92. The van der Waals surface area contributed by atoms with E-state index in [-0.39, 0.29) is 0 Å². The predicted octanol–water partition coefficient (Wildman–Crippen LogP) is 3.06. The van der Waals surface area contributed by atoms with E-state index in [2.05, 4.69) is 17.9 Å². The molecular weight excluding hydrogens is 226 g/mol. The van der Waals surface area contributed by atoms with E-state index >= 15 is 0 Å². The lowest BCUT2D eigenvalue weighted by atomic mass is 10.1. The van der Waals surface area contributed by atoms with Gasteiger partial charge in [0.25, 0.3) is 6.47 Å². The van der Waals surface area contributed by atoms with Crippen molar-refractivity contribution in [1.82, 2.24) is 0 Å². The molecule has 1 saturated heterocycles. The number of nitrogens with zero attached hydrogens (tertiary/aromatic N) is 1. The smallest absolute Gasteiger partial charge is 0.298 e. The summed E-state index contributed by atoms with van der Waals surface area (Å²) in [6, 6.07) is 5.87. The number of ether oxygens (including phenoxy) is 1. The molecule has 0 N–H and O–H groups in total. The number of allylic oxidation sites excluding steroid dienone is 1. The molecule has 0 spiro atoms. The second-order valence-electron chi connectivity index (χ2n) is 4.33. The van der Waals surface area contributed by atoms with Crippen LogP contribution in [0.5, 0.6) is 5.75 Å². The van der Waals surface area contributed by atoms with Crippen LogP contribution < -0.4 is 9.64 Å². The van der Waals surface area contributed by atoms with Gasteiger partial charge >= 0.3 is 0 Å². The van der Waals surface area contributed by atoms with Crippen LogP contribution in [0.3, 0.4) is 0 Å². The van der Waals surface area contributed by atoms with E-state index < -0.39 is 0 Å². The molecule has 2 rings (SSSR count). The molecule has 0 unspecified atom stereocenters. The van der Waals surface area contributed by atoms with E-state index in [1.807, 2.05) is 24.3 Å². The molecule has 0 saturated carbocycles. The fourth-order valence-electron chi connectivity index (χ4n) is 2.21. The molecule has 0 aromatic heterocycles. The van der Waals surface area contributed by atoms with Crippen LogP contribution in [0, 0.1) is 6.92 Å². The molecule has 0 aliphatic carbocycles. The number of rotatable bonds is 5. The third-order valence-corrected chi connectivity index (χ3v) is 3.08. The Hall–Kier alpha value is -1.77. The van der Waals surface area contributed by atoms with Crippen molar-refractivity contribution in [1.29, 1.82) is 0 Å². The van der Waals surface area contributed by atoms with Gasteiger partial charge in [0, 0.05) is 13.1 Å². The van der Waals surface area contributed by atoms with E-state index in [4.69, 9.17) is 4.74 Å². The minimum atomic E-state index is 0.486. The largest absolute Gasteiger partial charge is 0.427 e. The quantitative estimate of drug-likeness (QED) is 0.745. The van der Waals surface area contributed by atoms with E-state index in [1.54, 1.807) is 0 Å². The molecule has 95 valence electrons. The first-order valence-corrected chi connectivity index (χ1v) is 6.30. The first-order chi connectivity index (χ1) is 8.85. The Morgan fingerprint density at radius 3 is 2.78 bits per heavy atom. The Morgan fingerprint density at radius 1 is 1.33 bits per heavy atom. The minimum Gasteiger partial charge on any atom is -0.427 e. The third-order valence-electron chi connectivity index (χ3n) is 3.08. The molecule has 3 nitrogen and oxygen atoms in total.